The fourth-order valence-electron chi connectivity index (χ4n) is 13.7. The predicted molar refractivity (Wildman–Crippen MR) is 301 cm³/mol. The summed E-state index contributed by atoms with van der Waals surface area (Å²) in [5.41, 5.74) is 13.7. The van der Waals surface area contributed by atoms with Crippen molar-refractivity contribution in [3.63, 3.8) is 0 Å². The van der Waals surface area contributed by atoms with Crippen LogP contribution < -0.4 is 42.6 Å². The molecule has 0 aromatic heterocycles. The van der Waals surface area contributed by atoms with E-state index in [2.05, 4.69) is 36.4 Å². The molecule has 0 N–H and O–H groups in total. The Morgan fingerprint density at radius 2 is 0.645 bits per heavy atom. The number of rotatable bonds is 4. The molecule has 2 nitrogen and oxygen atoms in total. The molecule has 76 heavy (non-hydrogen) atoms. The monoisotopic (exact) mass is 992 g/mol. The molecule has 0 radical (unpaired) electrons. The standard InChI is InChI=1S/C66H36B2F6N2/c69-65(70,71)39-29-49-45-33-43(37-17-5-1-6-18-37)47-35-53-60-46(50-30-40(66(72,73)74)32-58-64(50)67(53)51-25-13-15-27-55(51)76(58)42-23-11-4-12-24-42)34-44(38-19-7-2-8-20-38)48-36-54(59(45)61(47)62(48)60)68-52-26-14-16-28-56(52)75(57(31-39)63(49)68)41-21-9-3-10-22-41/h1-36H. The number of anilines is 6. The van der Waals surface area contributed by atoms with Crippen LogP contribution in [0.25, 0.3) is 76.8 Å². The molecule has 4 heterocycles. The number of nitrogens with zero attached hydrogens (tertiary/aromatic N) is 2. The van der Waals surface area contributed by atoms with Gasteiger partial charge in [0.15, 0.2) is 0 Å². The Bertz CT molecular complexity index is 4160. The molecule has 0 atom stereocenters. The highest BCUT2D eigenvalue weighted by molar-refractivity contribution is 7.02. The molecule has 0 saturated carbocycles. The van der Waals surface area contributed by atoms with E-state index < -0.39 is 36.9 Å². The van der Waals surface area contributed by atoms with Gasteiger partial charge in [-0.3, -0.25) is 0 Å². The molecule has 358 valence electrons. The van der Waals surface area contributed by atoms with E-state index in [9.17, 15) is 0 Å². The van der Waals surface area contributed by atoms with Crippen LogP contribution in [0.5, 0.6) is 0 Å². The van der Waals surface area contributed by atoms with E-state index in [0.717, 1.165) is 110 Å². The van der Waals surface area contributed by atoms with E-state index in [1.165, 1.54) is 24.3 Å². The first kappa shape index (κ1) is 43.4. The highest BCUT2D eigenvalue weighted by atomic mass is 19.4. The van der Waals surface area contributed by atoms with Crippen molar-refractivity contribution >= 4 is 113 Å². The molecule has 0 aliphatic carbocycles. The molecule has 12 aromatic carbocycles. The number of benzene rings is 12. The van der Waals surface area contributed by atoms with Crippen LogP contribution in [0, 0.1) is 0 Å². The van der Waals surface area contributed by atoms with E-state index in [1.54, 1.807) is 0 Å². The second-order valence-corrected chi connectivity index (χ2v) is 20.4. The molecular weight excluding hydrogens is 956 g/mol. The lowest BCUT2D eigenvalue weighted by molar-refractivity contribution is -0.138. The minimum atomic E-state index is -4.69. The van der Waals surface area contributed by atoms with Gasteiger partial charge in [-0.2, -0.15) is 26.3 Å². The summed E-state index contributed by atoms with van der Waals surface area (Å²) in [5.74, 6) is 0. The fraction of sp³-hybridized carbons (Fsp3) is 0.0303. The maximum Gasteiger partial charge on any atom is 0.416 e. The van der Waals surface area contributed by atoms with Crippen molar-refractivity contribution in [2.75, 3.05) is 9.80 Å². The van der Waals surface area contributed by atoms with E-state index in [-0.39, 0.29) is 0 Å². The number of fused-ring (bicyclic) bond motifs is 8. The minimum Gasteiger partial charge on any atom is -0.311 e. The maximum atomic E-state index is 15.7. The lowest BCUT2D eigenvalue weighted by atomic mass is 9.31. The topological polar surface area (TPSA) is 6.48 Å². The molecule has 0 unspecified atom stereocenters. The predicted octanol–water partition coefficient (Wildman–Crippen LogP) is 14.5. The van der Waals surface area contributed by atoms with Crippen LogP contribution in [0.1, 0.15) is 11.1 Å². The van der Waals surface area contributed by atoms with Crippen LogP contribution in [0.3, 0.4) is 0 Å². The van der Waals surface area contributed by atoms with E-state index >= 15 is 26.3 Å². The largest absolute Gasteiger partial charge is 0.416 e. The Hall–Kier alpha value is -9.01. The summed E-state index contributed by atoms with van der Waals surface area (Å²) in [6, 6.07) is 69.3. The second-order valence-electron chi connectivity index (χ2n) is 20.4. The minimum absolute atomic E-state index is 0.459. The molecule has 0 fully saturated rings. The van der Waals surface area contributed by atoms with Crippen molar-refractivity contribution in [1.29, 1.82) is 0 Å². The molecule has 16 rings (SSSR count). The van der Waals surface area contributed by atoms with E-state index in [0.29, 0.717) is 33.6 Å². The summed E-state index contributed by atoms with van der Waals surface area (Å²) < 4.78 is 94.0. The van der Waals surface area contributed by atoms with Crippen LogP contribution in [0.2, 0.25) is 0 Å². The van der Waals surface area contributed by atoms with Gasteiger partial charge in [-0.15, -0.1) is 0 Å². The Morgan fingerprint density at radius 3 is 1.03 bits per heavy atom. The molecule has 10 heteroatoms. The van der Waals surface area contributed by atoms with Crippen molar-refractivity contribution in [3.05, 3.63) is 230 Å². The zero-order valence-electron chi connectivity index (χ0n) is 40.1. The Morgan fingerprint density at radius 1 is 0.289 bits per heavy atom. The van der Waals surface area contributed by atoms with Gasteiger partial charge < -0.3 is 9.80 Å². The van der Waals surface area contributed by atoms with Gasteiger partial charge in [0.2, 0.25) is 13.4 Å². The van der Waals surface area contributed by atoms with Crippen molar-refractivity contribution in [2.24, 2.45) is 0 Å². The zero-order chi connectivity index (χ0) is 50.9. The summed E-state index contributed by atoms with van der Waals surface area (Å²) in [6.45, 7) is -0.986. The number of hydrogen-bond donors (Lipinski definition) is 0. The Balaban J connectivity index is 1.13. The first-order valence-electron chi connectivity index (χ1n) is 25.4. The lowest BCUT2D eigenvalue weighted by Crippen LogP contribution is -2.60. The molecule has 0 spiro atoms. The van der Waals surface area contributed by atoms with Gasteiger partial charge in [-0.1, -0.05) is 157 Å². The molecular formula is C66H36B2F6N2. The van der Waals surface area contributed by atoms with Crippen molar-refractivity contribution in [2.45, 2.75) is 12.4 Å². The van der Waals surface area contributed by atoms with Gasteiger partial charge in [0, 0.05) is 34.1 Å². The van der Waals surface area contributed by atoms with Gasteiger partial charge >= 0.3 is 12.4 Å². The Labute approximate surface area is 433 Å². The van der Waals surface area contributed by atoms with Crippen molar-refractivity contribution in [3.8, 4) is 44.5 Å². The van der Waals surface area contributed by atoms with Gasteiger partial charge in [0.25, 0.3) is 0 Å². The highest BCUT2D eigenvalue weighted by Gasteiger charge is 2.48. The zero-order valence-corrected chi connectivity index (χ0v) is 40.1. The number of para-hydroxylation sites is 4. The first-order valence-corrected chi connectivity index (χ1v) is 25.4. The summed E-state index contributed by atoms with van der Waals surface area (Å²) in [4.78, 5) is 3.95. The third-order valence-electron chi connectivity index (χ3n) is 16.6. The second kappa shape index (κ2) is 15.3. The van der Waals surface area contributed by atoms with Crippen LogP contribution >= 0.6 is 0 Å². The van der Waals surface area contributed by atoms with Crippen molar-refractivity contribution < 1.29 is 26.3 Å². The third kappa shape index (κ3) is 5.87. The summed E-state index contributed by atoms with van der Waals surface area (Å²) in [7, 11) is 0. The average molecular weight is 993 g/mol. The number of alkyl halides is 6. The van der Waals surface area contributed by atoms with Crippen LogP contribution in [0.4, 0.5) is 60.5 Å². The van der Waals surface area contributed by atoms with Gasteiger partial charge in [0.1, 0.15) is 0 Å². The fourth-order valence-corrected chi connectivity index (χ4v) is 13.7. The summed E-state index contributed by atoms with van der Waals surface area (Å²) in [5, 5.41) is 5.26. The number of halogens is 6. The van der Waals surface area contributed by atoms with Gasteiger partial charge in [0.05, 0.1) is 11.1 Å². The van der Waals surface area contributed by atoms with Crippen molar-refractivity contribution in [1.82, 2.24) is 0 Å². The summed E-state index contributed by atoms with van der Waals surface area (Å²) in [6.07, 6.45) is -9.38. The molecule has 0 amide bonds. The summed E-state index contributed by atoms with van der Waals surface area (Å²) >= 11 is 0. The maximum absolute atomic E-state index is 15.7. The van der Waals surface area contributed by atoms with Crippen LogP contribution in [-0.4, -0.2) is 13.4 Å². The molecule has 0 bridgehead atoms. The Kier molecular flexibility index (Phi) is 8.73. The first-order chi connectivity index (χ1) is 37.0. The highest BCUT2D eigenvalue weighted by Crippen LogP contribution is 2.53. The molecule has 4 aliphatic heterocycles. The van der Waals surface area contributed by atoms with E-state index in [1.807, 2.05) is 168 Å². The quantitative estimate of drug-likeness (QED) is 0.0985. The third-order valence-corrected chi connectivity index (χ3v) is 16.6. The molecule has 12 aromatic rings. The van der Waals surface area contributed by atoms with Crippen LogP contribution in [-0.2, 0) is 12.4 Å². The smallest absolute Gasteiger partial charge is 0.311 e. The van der Waals surface area contributed by atoms with Crippen LogP contribution in [0.15, 0.2) is 218 Å². The lowest BCUT2D eigenvalue weighted by Gasteiger charge is -2.42. The molecule has 4 aliphatic rings. The van der Waals surface area contributed by atoms with E-state index in [4.69, 9.17) is 0 Å². The van der Waals surface area contributed by atoms with Gasteiger partial charge in [-0.05, 0) is 171 Å². The number of hydrogen-bond acceptors (Lipinski definition) is 2. The normalized spacial score (nSPS) is 13.8. The molecule has 0 saturated heterocycles. The van der Waals surface area contributed by atoms with Gasteiger partial charge in [-0.25, -0.2) is 0 Å². The SMILES string of the molecule is FC(F)(F)c1cc2c3c(c1)N(c1ccccc1)c1ccccc1B3c1cc3c(-c4ccccc4)cc4c5c(cc6c(-c7ccccc7)cc-2c1c6c35)B1c2ccccc2N(c2ccccc2)c2cc(C(F)(F)F)cc-4c21. The average Bonchev–Trinajstić information content (AvgIpc) is 3.46.